The van der Waals surface area contributed by atoms with Crippen molar-refractivity contribution in [3.63, 3.8) is 0 Å². The highest BCUT2D eigenvalue weighted by molar-refractivity contribution is 5.69. The van der Waals surface area contributed by atoms with Crippen molar-refractivity contribution in [2.24, 2.45) is 0 Å². The summed E-state index contributed by atoms with van der Waals surface area (Å²) < 4.78 is 40.1. The maximum atomic E-state index is 14.6. The molecule has 5 nitrogen and oxygen atoms in total. The SMILES string of the molecule is Oc1cc(CCc2c(F)cc(-c3cccnc3OC3CCCC3)cc2F)on1. The maximum absolute atomic E-state index is 14.6. The van der Waals surface area contributed by atoms with Crippen molar-refractivity contribution in [2.75, 3.05) is 0 Å². The zero-order valence-electron chi connectivity index (χ0n) is 15.2. The monoisotopic (exact) mass is 386 g/mol. The van der Waals surface area contributed by atoms with Crippen LogP contribution < -0.4 is 4.74 Å². The van der Waals surface area contributed by atoms with E-state index in [0.717, 1.165) is 25.7 Å². The summed E-state index contributed by atoms with van der Waals surface area (Å²) in [5, 5.41) is 12.5. The minimum absolute atomic E-state index is 0.0400. The van der Waals surface area contributed by atoms with E-state index < -0.39 is 11.6 Å². The molecule has 4 rings (SSSR count). The van der Waals surface area contributed by atoms with Gasteiger partial charge in [0.05, 0.1) is 0 Å². The standard InChI is InChI=1S/C21H20F2N2O3/c22-18-10-13(11-19(23)17(18)8-7-15-12-20(26)25-28-15)16-6-3-9-24-21(16)27-14-4-1-2-5-14/h3,6,9-12,14H,1-2,4-5,7-8H2,(H,25,26). The Labute approximate surface area is 161 Å². The Morgan fingerprint density at radius 1 is 1.11 bits per heavy atom. The van der Waals surface area contributed by atoms with Crippen molar-refractivity contribution in [3.05, 3.63) is 59.5 Å². The van der Waals surface area contributed by atoms with E-state index in [-0.39, 0.29) is 30.4 Å². The summed E-state index contributed by atoms with van der Waals surface area (Å²) in [7, 11) is 0. The average molecular weight is 386 g/mol. The Kier molecular flexibility index (Phi) is 5.23. The molecule has 0 atom stereocenters. The van der Waals surface area contributed by atoms with Gasteiger partial charge in [0.25, 0.3) is 5.88 Å². The van der Waals surface area contributed by atoms with Crippen molar-refractivity contribution in [1.29, 1.82) is 0 Å². The fourth-order valence-electron chi connectivity index (χ4n) is 3.53. The molecule has 0 radical (unpaired) electrons. The highest BCUT2D eigenvalue weighted by Crippen LogP contribution is 2.33. The number of aromatic nitrogens is 2. The quantitative estimate of drug-likeness (QED) is 0.657. The predicted octanol–water partition coefficient (Wildman–Crippen LogP) is 4.83. The predicted molar refractivity (Wildman–Crippen MR) is 98.0 cm³/mol. The fourth-order valence-corrected chi connectivity index (χ4v) is 3.53. The summed E-state index contributed by atoms with van der Waals surface area (Å²) >= 11 is 0. The summed E-state index contributed by atoms with van der Waals surface area (Å²) in [4.78, 5) is 4.27. The molecule has 2 heterocycles. The van der Waals surface area contributed by atoms with Gasteiger partial charge in [0, 0.05) is 29.8 Å². The van der Waals surface area contributed by atoms with Crippen LogP contribution in [-0.2, 0) is 12.8 Å². The second-order valence-corrected chi connectivity index (χ2v) is 6.95. The van der Waals surface area contributed by atoms with Gasteiger partial charge in [-0.15, -0.1) is 0 Å². The van der Waals surface area contributed by atoms with Crippen molar-refractivity contribution in [2.45, 2.75) is 44.6 Å². The lowest BCUT2D eigenvalue weighted by molar-refractivity contribution is 0.202. The molecule has 1 aliphatic rings. The first-order chi connectivity index (χ1) is 13.6. The number of benzene rings is 1. The van der Waals surface area contributed by atoms with Gasteiger partial charge in [-0.25, -0.2) is 13.8 Å². The lowest BCUT2D eigenvalue weighted by Gasteiger charge is -2.16. The molecule has 1 aliphatic carbocycles. The number of aryl methyl sites for hydroxylation is 1. The third kappa shape index (κ3) is 3.98. The molecule has 3 aromatic rings. The summed E-state index contributed by atoms with van der Waals surface area (Å²) in [6.07, 6.45) is 6.20. The molecule has 28 heavy (non-hydrogen) atoms. The second-order valence-electron chi connectivity index (χ2n) is 6.95. The lowest BCUT2D eigenvalue weighted by atomic mass is 10.0. The van der Waals surface area contributed by atoms with E-state index in [1.165, 1.54) is 18.2 Å². The van der Waals surface area contributed by atoms with Crippen LogP contribution in [0.25, 0.3) is 11.1 Å². The first-order valence-electron chi connectivity index (χ1n) is 9.34. The Morgan fingerprint density at radius 2 is 1.86 bits per heavy atom. The molecule has 0 unspecified atom stereocenters. The van der Waals surface area contributed by atoms with Gasteiger partial charge in [-0.2, -0.15) is 0 Å². The lowest BCUT2D eigenvalue weighted by Crippen LogP contribution is -2.12. The maximum Gasteiger partial charge on any atom is 0.251 e. The summed E-state index contributed by atoms with van der Waals surface area (Å²) in [6.45, 7) is 0. The van der Waals surface area contributed by atoms with Crippen molar-refractivity contribution >= 4 is 0 Å². The first-order valence-corrected chi connectivity index (χ1v) is 9.34. The second kappa shape index (κ2) is 7.96. The number of pyridine rings is 1. The molecule has 0 saturated heterocycles. The number of aromatic hydroxyl groups is 1. The summed E-state index contributed by atoms with van der Waals surface area (Å²) in [5.74, 6) is -0.778. The zero-order valence-corrected chi connectivity index (χ0v) is 15.2. The molecule has 1 aromatic carbocycles. The van der Waals surface area contributed by atoms with Crippen LogP contribution in [0.2, 0.25) is 0 Å². The van der Waals surface area contributed by atoms with Crippen molar-refractivity contribution < 1.29 is 23.1 Å². The van der Waals surface area contributed by atoms with E-state index in [1.807, 2.05) is 0 Å². The number of ether oxygens (including phenoxy) is 1. The Hall–Kier alpha value is -2.96. The molecule has 0 spiro atoms. The highest BCUT2D eigenvalue weighted by Gasteiger charge is 2.20. The largest absolute Gasteiger partial charge is 0.491 e. The molecule has 0 amide bonds. The van der Waals surface area contributed by atoms with Gasteiger partial charge >= 0.3 is 0 Å². The van der Waals surface area contributed by atoms with E-state index >= 15 is 0 Å². The molecule has 7 heteroatoms. The van der Waals surface area contributed by atoms with Gasteiger partial charge in [-0.05, 0) is 67.1 Å². The van der Waals surface area contributed by atoms with E-state index in [4.69, 9.17) is 9.26 Å². The Bertz CT molecular complexity index is 945. The van der Waals surface area contributed by atoms with E-state index in [9.17, 15) is 13.9 Å². The van der Waals surface area contributed by atoms with Gasteiger partial charge in [0.15, 0.2) is 0 Å². The molecule has 1 saturated carbocycles. The average Bonchev–Trinajstić information content (AvgIpc) is 3.33. The van der Waals surface area contributed by atoms with Crippen LogP contribution in [-0.4, -0.2) is 21.4 Å². The molecule has 0 bridgehead atoms. The van der Waals surface area contributed by atoms with Gasteiger partial charge < -0.3 is 14.4 Å². The summed E-state index contributed by atoms with van der Waals surface area (Å²) in [6, 6.07) is 7.40. The van der Waals surface area contributed by atoms with Crippen LogP contribution in [0.5, 0.6) is 11.8 Å². The number of nitrogens with zero attached hydrogens (tertiary/aromatic N) is 2. The van der Waals surface area contributed by atoms with Gasteiger partial charge in [-0.1, -0.05) is 0 Å². The van der Waals surface area contributed by atoms with E-state index in [1.54, 1.807) is 18.3 Å². The van der Waals surface area contributed by atoms with Crippen LogP contribution in [0.4, 0.5) is 8.78 Å². The molecular formula is C21H20F2N2O3. The first kappa shape index (κ1) is 18.4. The van der Waals surface area contributed by atoms with Crippen LogP contribution in [0, 0.1) is 11.6 Å². The van der Waals surface area contributed by atoms with E-state index in [0.29, 0.717) is 22.8 Å². The third-order valence-electron chi connectivity index (χ3n) is 4.97. The van der Waals surface area contributed by atoms with E-state index in [2.05, 4.69) is 10.1 Å². The number of rotatable bonds is 6. The molecular weight excluding hydrogens is 366 g/mol. The molecule has 2 aromatic heterocycles. The molecule has 1 N–H and O–H groups in total. The number of hydrogen-bond donors (Lipinski definition) is 1. The van der Waals surface area contributed by atoms with Crippen LogP contribution in [0.1, 0.15) is 37.0 Å². The topological polar surface area (TPSA) is 68.4 Å². The Balaban J connectivity index is 1.57. The smallest absolute Gasteiger partial charge is 0.251 e. The van der Waals surface area contributed by atoms with Gasteiger partial charge in [0.1, 0.15) is 23.5 Å². The van der Waals surface area contributed by atoms with Gasteiger partial charge in [0.2, 0.25) is 5.88 Å². The molecule has 0 aliphatic heterocycles. The fraction of sp³-hybridized carbons (Fsp3) is 0.333. The number of halogens is 2. The van der Waals surface area contributed by atoms with Crippen LogP contribution >= 0.6 is 0 Å². The molecule has 146 valence electrons. The highest BCUT2D eigenvalue weighted by atomic mass is 19.1. The van der Waals surface area contributed by atoms with Crippen molar-refractivity contribution in [1.82, 2.24) is 10.1 Å². The normalized spacial score (nSPS) is 14.5. The minimum Gasteiger partial charge on any atom is -0.491 e. The third-order valence-corrected chi connectivity index (χ3v) is 4.97. The zero-order chi connectivity index (χ0) is 19.5. The van der Waals surface area contributed by atoms with Crippen molar-refractivity contribution in [3.8, 4) is 22.9 Å². The van der Waals surface area contributed by atoms with Gasteiger partial charge in [-0.3, -0.25) is 0 Å². The minimum atomic E-state index is -0.644. The molecule has 1 fully saturated rings. The summed E-state index contributed by atoms with van der Waals surface area (Å²) in [5.41, 5.74) is 0.915. The van der Waals surface area contributed by atoms with Crippen LogP contribution in [0.3, 0.4) is 0 Å². The Morgan fingerprint density at radius 3 is 2.54 bits per heavy atom. The number of hydrogen-bond acceptors (Lipinski definition) is 5. The van der Waals surface area contributed by atoms with Crippen LogP contribution in [0.15, 0.2) is 41.1 Å².